The second-order valence-electron chi connectivity index (χ2n) is 10.0. The lowest BCUT2D eigenvalue weighted by Gasteiger charge is -2.35. The standard InChI is InChI=1S/C32H32F3N3O/c1-36-23-28(26-14-6-8-16-30(26)36)27(25-13-5-7-15-29(25)32(33,34)35)22-31(39)38-20-18-37(19-21-38)17-9-12-24-10-3-2-4-11-24/h2-16,23,27H,17-22H2,1H3/b12-9+. The van der Waals surface area contributed by atoms with Gasteiger partial charge in [0.25, 0.3) is 0 Å². The van der Waals surface area contributed by atoms with Gasteiger partial charge >= 0.3 is 6.18 Å². The number of carbonyl (C=O) groups is 1. The molecule has 0 bridgehead atoms. The third kappa shape index (κ3) is 6.09. The van der Waals surface area contributed by atoms with Crippen LogP contribution in [0.3, 0.4) is 0 Å². The number of aromatic nitrogens is 1. The molecule has 0 N–H and O–H groups in total. The van der Waals surface area contributed by atoms with E-state index in [1.165, 1.54) is 12.1 Å². The molecule has 39 heavy (non-hydrogen) atoms. The highest BCUT2D eigenvalue weighted by Gasteiger charge is 2.37. The Morgan fingerprint density at radius 1 is 0.872 bits per heavy atom. The summed E-state index contributed by atoms with van der Waals surface area (Å²) < 4.78 is 44.1. The van der Waals surface area contributed by atoms with Gasteiger partial charge in [-0.15, -0.1) is 0 Å². The Morgan fingerprint density at radius 2 is 1.54 bits per heavy atom. The molecule has 0 spiro atoms. The number of nitrogens with zero attached hydrogens (tertiary/aromatic N) is 3. The van der Waals surface area contributed by atoms with Gasteiger partial charge in [0.15, 0.2) is 0 Å². The number of aryl methyl sites for hydroxylation is 1. The van der Waals surface area contributed by atoms with E-state index in [0.29, 0.717) is 13.1 Å². The van der Waals surface area contributed by atoms with E-state index in [9.17, 15) is 18.0 Å². The van der Waals surface area contributed by atoms with Crippen LogP contribution >= 0.6 is 0 Å². The number of amides is 1. The van der Waals surface area contributed by atoms with E-state index in [-0.39, 0.29) is 17.9 Å². The van der Waals surface area contributed by atoms with Gasteiger partial charge < -0.3 is 9.47 Å². The van der Waals surface area contributed by atoms with Gasteiger partial charge in [0, 0.05) is 69.2 Å². The number of carbonyl (C=O) groups excluding carboxylic acids is 1. The lowest BCUT2D eigenvalue weighted by atomic mass is 9.85. The number of rotatable bonds is 7. The van der Waals surface area contributed by atoms with E-state index in [2.05, 4.69) is 29.2 Å². The minimum atomic E-state index is -4.51. The van der Waals surface area contributed by atoms with Crippen molar-refractivity contribution in [3.63, 3.8) is 0 Å². The summed E-state index contributed by atoms with van der Waals surface area (Å²) in [5, 5.41) is 0.866. The van der Waals surface area contributed by atoms with Crippen molar-refractivity contribution in [2.75, 3.05) is 32.7 Å². The molecule has 0 radical (unpaired) electrons. The number of piperazine rings is 1. The van der Waals surface area contributed by atoms with Crippen molar-refractivity contribution in [1.29, 1.82) is 0 Å². The maximum absolute atomic E-state index is 14.1. The molecular formula is C32H32F3N3O. The van der Waals surface area contributed by atoms with Gasteiger partial charge in [-0.2, -0.15) is 13.2 Å². The van der Waals surface area contributed by atoms with Crippen LogP contribution in [0, 0.1) is 0 Å². The van der Waals surface area contributed by atoms with Gasteiger partial charge in [-0.05, 0) is 28.8 Å². The minimum absolute atomic E-state index is 0.0188. The molecule has 5 rings (SSSR count). The Bertz CT molecular complexity index is 1450. The molecule has 202 valence electrons. The fraction of sp³-hybridized carbons (Fsp3) is 0.281. The highest BCUT2D eigenvalue weighted by molar-refractivity contribution is 5.86. The average molecular weight is 532 g/mol. The van der Waals surface area contributed by atoms with Crippen LogP contribution < -0.4 is 0 Å². The van der Waals surface area contributed by atoms with Crippen molar-refractivity contribution in [3.8, 4) is 0 Å². The number of alkyl halides is 3. The second-order valence-corrected chi connectivity index (χ2v) is 10.0. The summed E-state index contributed by atoms with van der Waals surface area (Å²) in [7, 11) is 1.88. The summed E-state index contributed by atoms with van der Waals surface area (Å²) in [4.78, 5) is 17.6. The first-order valence-electron chi connectivity index (χ1n) is 13.2. The minimum Gasteiger partial charge on any atom is -0.350 e. The zero-order valence-corrected chi connectivity index (χ0v) is 21.9. The molecule has 1 fully saturated rings. The van der Waals surface area contributed by atoms with E-state index in [1.54, 1.807) is 11.0 Å². The van der Waals surface area contributed by atoms with Crippen LogP contribution in [0.15, 0.2) is 91.1 Å². The van der Waals surface area contributed by atoms with E-state index in [1.807, 2.05) is 60.3 Å². The summed E-state index contributed by atoms with van der Waals surface area (Å²) in [5.74, 6) is -0.836. The lowest BCUT2D eigenvalue weighted by Crippen LogP contribution is -2.48. The van der Waals surface area contributed by atoms with Crippen molar-refractivity contribution < 1.29 is 18.0 Å². The summed E-state index contributed by atoms with van der Waals surface area (Å²) in [5.41, 5.74) is 2.25. The van der Waals surface area contributed by atoms with Crippen molar-refractivity contribution in [1.82, 2.24) is 14.4 Å². The first-order valence-corrected chi connectivity index (χ1v) is 13.2. The second kappa shape index (κ2) is 11.5. The normalized spacial score (nSPS) is 15.7. The van der Waals surface area contributed by atoms with Crippen LogP contribution in [-0.2, 0) is 18.0 Å². The van der Waals surface area contributed by atoms with Crippen LogP contribution in [0.4, 0.5) is 13.2 Å². The summed E-state index contributed by atoms with van der Waals surface area (Å²) in [6, 6.07) is 23.4. The highest BCUT2D eigenvalue weighted by Crippen LogP contribution is 2.41. The molecular weight excluding hydrogens is 499 g/mol. The van der Waals surface area contributed by atoms with Gasteiger partial charge in [0.05, 0.1) is 5.56 Å². The molecule has 4 aromatic rings. The predicted molar refractivity (Wildman–Crippen MR) is 149 cm³/mol. The number of hydrogen-bond donors (Lipinski definition) is 0. The fourth-order valence-corrected chi connectivity index (χ4v) is 5.48. The Balaban J connectivity index is 1.35. The van der Waals surface area contributed by atoms with E-state index >= 15 is 0 Å². The van der Waals surface area contributed by atoms with Gasteiger partial charge in [-0.25, -0.2) is 0 Å². The first kappa shape index (κ1) is 26.8. The maximum Gasteiger partial charge on any atom is 0.416 e. The predicted octanol–water partition coefficient (Wildman–Crippen LogP) is 6.58. The number of fused-ring (bicyclic) bond motifs is 1. The Labute approximate surface area is 227 Å². The molecule has 0 aliphatic carbocycles. The molecule has 1 saturated heterocycles. The van der Waals surface area contributed by atoms with E-state index < -0.39 is 17.7 Å². The molecule has 0 saturated carbocycles. The smallest absolute Gasteiger partial charge is 0.350 e. The third-order valence-electron chi connectivity index (χ3n) is 7.52. The van der Waals surface area contributed by atoms with E-state index in [0.717, 1.165) is 47.7 Å². The van der Waals surface area contributed by atoms with Crippen molar-refractivity contribution in [3.05, 3.63) is 113 Å². The highest BCUT2D eigenvalue weighted by atomic mass is 19.4. The quantitative estimate of drug-likeness (QED) is 0.270. The van der Waals surface area contributed by atoms with Crippen molar-refractivity contribution in [2.24, 2.45) is 7.05 Å². The molecule has 7 heteroatoms. The molecule has 2 heterocycles. The van der Waals surface area contributed by atoms with Gasteiger partial charge in [0.1, 0.15) is 0 Å². The van der Waals surface area contributed by atoms with Crippen LogP contribution in [0.2, 0.25) is 0 Å². The summed E-state index contributed by atoms with van der Waals surface area (Å²) in [6.07, 6.45) is 1.55. The molecule has 4 nitrogen and oxygen atoms in total. The van der Waals surface area contributed by atoms with Crippen LogP contribution in [0.25, 0.3) is 17.0 Å². The molecule has 1 aromatic heterocycles. The van der Waals surface area contributed by atoms with Gasteiger partial charge in [-0.1, -0.05) is 78.9 Å². The Kier molecular flexibility index (Phi) is 7.89. The van der Waals surface area contributed by atoms with Gasteiger partial charge in [-0.3, -0.25) is 9.69 Å². The van der Waals surface area contributed by atoms with Gasteiger partial charge in [0.2, 0.25) is 5.91 Å². The number of para-hydroxylation sites is 1. The van der Waals surface area contributed by atoms with Crippen LogP contribution in [0.5, 0.6) is 0 Å². The summed E-state index contributed by atoms with van der Waals surface area (Å²) in [6.45, 7) is 3.35. The number of benzene rings is 3. The number of hydrogen-bond acceptors (Lipinski definition) is 2. The maximum atomic E-state index is 14.1. The molecule has 1 atom stereocenters. The lowest BCUT2D eigenvalue weighted by molar-refractivity contribution is -0.139. The zero-order chi connectivity index (χ0) is 27.4. The topological polar surface area (TPSA) is 28.5 Å². The van der Waals surface area contributed by atoms with Crippen molar-refractivity contribution in [2.45, 2.75) is 18.5 Å². The van der Waals surface area contributed by atoms with Crippen LogP contribution in [-0.4, -0.2) is 53.0 Å². The molecule has 1 aliphatic heterocycles. The monoisotopic (exact) mass is 531 g/mol. The average Bonchev–Trinajstić information content (AvgIpc) is 3.28. The number of halogens is 3. The van der Waals surface area contributed by atoms with Crippen LogP contribution in [0.1, 0.15) is 34.6 Å². The summed E-state index contributed by atoms with van der Waals surface area (Å²) >= 11 is 0. The first-order chi connectivity index (χ1) is 18.8. The third-order valence-corrected chi connectivity index (χ3v) is 7.52. The Morgan fingerprint density at radius 3 is 2.28 bits per heavy atom. The fourth-order valence-electron chi connectivity index (χ4n) is 5.48. The van der Waals surface area contributed by atoms with Crippen molar-refractivity contribution >= 4 is 22.9 Å². The molecule has 1 aliphatic rings. The molecule has 1 amide bonds. The Hall–Kier alpha value is -3.84. The SMILES string of the molecule is Cn1cc(C(CC(=O)N2CCN(C/C=C/c3ccccc3)CC2)c2ccccc2C(F)(F)F)c2ccccc21. The zero-order valence-electron chi connectivity index (χ0n) is 21.9. The molecule has 3 aromatic carbocycles. The molecule has 1 unspecified atom stereocenters. The largest absolute Gasteiger partial charge is 0.416 e. The van der Waals surface area contributed by atoms with E-state index in [4.69, 9.17) is 0 Å².